The van der Waals surface area contributed by atoms with Gasteiger partial charge in [0.25, 0.3) is 5.91 Å². The zero-order valence-electron chi connectivity index (χ0n) is 17.6. The maximum Gasteiger partial charge on any atom is 0.258 e. The van der Waals surface area contributed by atoms with E-state index in [1.807, 2.05) is 67.6 Å². The zero-order valence-corrected chi connectivity index (χ0v) is 17.6. The van der Waals surface area contributed by atoms with Crippen molar-refractivity contribution >= 4 is 28.9 Å². The molecule has 3 aromatic rings. The molecule has 0 aliphatic rings. The van der Waals surface area contributed by atoms with Crippen molar-refractivity contribution in [3.63, 3.8) is 0 Å². The Labute approximate surface area is 177 Å². The Kier molecular flexibility index (Phi) is 6.86. The minimum Gasteiger partial charge on any atom is -0.376 e. The number of anilines is 3. The van der Waals surface area contributed by atoms with E-state index in [1.165, 1.54) is 0 Å². The van der Waals surface area contributed by atoms with Gasteiger partial charge in [0, 0.05) is 29.7 Å². The van der Waals surface area contributed by atoms with Crippen LogP contribution in [0.25, 0.3) is 0 Å². The van der Waals surface area contributed by atoms with Gasteiger partial charge in [0.15, 0.2) is 0 Å². The molecule has 0 saturated heterocycles. The third-order valence-corrected chi connectivity index (χ3v) is 5.02. The fraction of sp³-hybridized carbons (Fsp3) is 0.200. The summed E-state index contributed by atoms with van der Waals surface area (Å²) in [4.78, 5) is 26.9. The van der Waals surface area contributed by atoms with E-state index in [9.17, 15) is 9.59 Å². The van der Waals surface area contributed by atoms with Crippen molar-refractivity contribution in [2.24, 2.45) is 0 Å². The highest BCUT2D eigenvalue weighted by molar-refractivity contribution is 6.06. The Morgan fingerprint density at radius 3 is 2.40 bits per heavy atom. The number of carbonyl (C=O) groups excluding carboxylic acids is 2. The average Bonchev–Trinajstić information content (AvgIpc) is 2.78. The first kappa shape index (κ1) is 21.1. The molecule has 0 radical (unpaired) electrons. The van der Waals surface area contributed by atoms with Gasteiger partial charge in [0.05, 0.1) is 6.54 Å². The third kappa shape index (κ3) is 5.06. The third-order valence-electron chi connectivity index (χ3n) is 5.02. The van der Waals surface area contributed by atoms with Crippen LogP contribution in [-0.4, -0.2) is 25.4 Å². The first-order chi connectivity index (χ1) is 14.5. The summed E-state index contributed by atoms with van der Waals surface area (Å²) in [5, 5.41) is 6.11. The molecule has 0 aliphatic heterocycles. The van der Waals surface area contributed by atoms with Gasteiger partial charge in [-0.05, 0) is 54.8 Å². The average molecular weight is 402 g/mol. The number of aryl methyl sites for hydroxylation is 2. The number of hydrogen-bond acceptors (Lipinski definition) is 3. The molecule has 5 nitrogen and oxygen atoms in total. The van der Waals surface area contributed by atoms with Crippen molar-refractivity contribution in [3.05, 3.63) is 89.5 Å². The van der Waals surface area contributed by atoms with Crippen molar-refractivity contribution < 1.29 is 9.59 Å². The lowest BCUT2D eigenvalue weighted by Gasteiger charge is -2.18. The molecule has 0 saturated carbocycles. The molecule has 0 unspecified atom stereocenters. The summed E-state index contributed by atoms with van der Waals surface area (Å²) in [6.45, 7) is 4.17. The van der Waals surface area contributed by atoms with Crippen molar-refractivity contribution in [1.29, 1.82) is 0 Å². The Morgan fingerprint density at radius 1 is 0.933 bits per heavy atom. The van der Waals surface area contributed by atoms with Crippen molar-refractivity contribution in [1.82, 2.24) is 0 Å². The zero-order chi connectivity index (χ0) is 21.5. The Hall–Kier alpha value is -3.60. The van der Waals surface area contributed by atoms with Crippen LogP contribution in [0.1, 0.15) is 28.4 Å². The first-order valence-electron chi connectivity index (χ1n) is 10.0. The second-order valence-electron chi connectivity index (χ2n) is 7.14. The molecule has 0 aromatic heterocycles. The van der Waals surface area contributed by atoms with Gasteiger partial charge in [-0.15, -0.1) is 0 Å². The van der Waals surface area contributed by atoms with E-state index in [2.05, 4.69) is 17.6 Å². The van der Waals surface area contributed by atoms with Gasteiger partial charge in [0.1, 0.15) is 0 Å². The summed E-state index contributed by atoms with van der Waals surface area (Å²) in [6.07, 6.45) is 0.851. The quantitative estimate of drug-likeness (QED) is 0.593. The van der Waals surface area contributed by atoms with Crippen LogP contribution < -0.4 is 15.5 Å². The molecule has 0 atom stereocenters. The SMILES string of the molecule is CCc1cccc(C)c1NC(=O)CNc1cccc(C(=O)N(C)c2ccccc2)c1. The normalized spacial score (nSPS) is 10.4. The van der Waals surface area contributed by atoms with Gasteiger partial charge in [0.2, 0.25) is 5.91 Å². The molecule has 0 bridgehead atoms. The van der Waals surface area contributed by atoms with E-state index >= 15 is 0 Å². The molecule has 0 fully saturated rings. The van der Waals surface area contributed by atoms with Gasteiger partial charge in [-0.3, -0.25) is 9.59 Å². The maximum absolute atomic E-state index is 12.8. The summed E-state index contributed by atoms with van der Waals surface area (Å²) in [7, 11) is 1.75. The lowest BCUT2D eigenvalue weighted by molar-refractivity contribution is -0.114. The van der Waals surface area contributed by atoms with E-state index in [4.69, 9.17) is 0 Å². The molecule has 154 valence electrons. The van der Waals surface area contributed by atoms with Crippen LogP contribution in [0.2, 0.25) is 0 Å². The second kappa shape index (κ2) is 9.74. The largest absolute Gasteiger partial charge is 0.376 e. The standard InChI is InChI=1S/C25H27N3O2/c1-4-19-11-8-10-18(2)24(19)27-23(29)17-26-21-13-9-12-20(16-21)25(30)28(3)22-14-6-5-7-15-22/h5-16,26H,4,17H2,1-3H3,(H,27,29). The topological polar surface area (TPSA) is 61.4 Å². The molecular formula is C25H27N3O2. The number of rotatable bonds is 7. The fourth-order valence-corrected chi connectivity index (χ4v) is 3.29. The molecule has 2 amide bonds. The number of nitrogens with one attached hydrogen (secondary N) is 2. The van der Waals surface area contributed by atoms with E-state index in [-0.39, 0.29) is 18.4 Å². The summed E-state index contributed by atoms with van der Waals surface area (Å²) >= 11 is 0. The predicted octanol–water partition coefficient (Wildman–Crippen LogP) is 4.88. The molecule has 0 spiro atoms. The molecule has 0 heterocycles. The van der Waals surface area contributed by atoms with E-state index in [1.54, 1.807) is 24.1 Å². The van der Waals surface area contributed by atoms with Crippen molar-refractivity contribution in [3.8, 4) is 0 Å². The summed E-state index contributed by atoms with van der Waals surface area (Å²) in [5.74, 6) is -0.237. The van der Waals surface area contributed by atoms with Crippen LogP contribution in [0.4, 0.5) is 17.1 Å². The van der Waals surface area contributed by atoms with Crippen molar-refractivity contribution in [2.45, 2.75) is 20.3 Å². The molecule has 0 aliphatic carbocycles. The van der Waals surface area contributed by atoms with Gasteiger partial charge in [-0.1, -0.05) is 49.4 Å². The molecular weight excluding hydrogens is 374 g/mol. The molecule has 2 N–H and O–H groups in total. The Morgan fingerprint density at radius 2 is 1.67 bits per heavy atom. The number of nitrogens with zero attached hydrogens (tertiary/aromatic N) is 1. The molecule has 3 rings (SSSR count). The lowest BCUT2D eigenvalue weighted by Crippen LogP contribution is -2.26. The van der Waals surface area contributed by atoms with Crippen LogP contribution in [-0.2, 0) is 11.2 Å². The highest BCUT2D eigenvalue weighted by Crippen LogP contribution is 2.21. The van der Waals surface area contributed by atoms with Gasteiger partial charge < -0.3 is 15.5 Å². The molecule has 30 heavy (non-hydrogen) atoms. The van der Waals surface area contributed by atoms with E-state index in [0.29, 0.717) is 5.56 Å². The lowest BCUT2D eigenvalue weighted by atomic mass is 10.1. The highest BCUT2D eigenvalue weighted by atomic mass is 16.2. The van der Waals surface area contributed by atoms with Crippen LogP contribution in [0.3, 0.4) is 0 Å². The minimum atomic E-state index is -0.128. The number of amides is 2. The highest BCUT2D eigenvalue weighted by Gasteiger charge is 2.14. The van der Waals surface area contributed by atoms with Crippen molar-refractivity contribution in [2.75, 3.05) is 29.1 Å². The summed E-state index contributed by atoms with van der Waals surface area (Å²) in [6, 6.07) is 22.7. The summed E-state index contributed by atoms with van der Waals surface area (Å²) < 4.78 is 0. The summed E-state index contributed by atoms with van der Waals surface area (Å²) in [5.41, 5.74) is 5.13. The molecule has 5 heteroatoms. The van der Waals surface area contributed by atoms with Crippen LogP contribution in [0, 0.1) is 6.92 Å². The van der Waals surface area contributed by atoms with E-state index in [0.717, 1.165) is 34.6 Å². The van der Waals surface area contributed by atoms with Gasteiger partial charge >= 0.3 is 0 Å². The molecule has 3 aromatic carbocycles. The van der Waals surface area contributed by atoms with Gasteiger partial charge in [-0.2, -0.15) is 0 Å². The smallest absolute Gasteiger partial charge is 0.258 e. The van der Waals surface area contributed by atoms with Crippen LogP contribution >= 0.6 is 0 Å². The maximum atomic E-state index is 12.8. The number of hydrogen-bond donors (Lipinski definition) is 2. The minimum absolute atomic E-state index is 0.109. The number of carbonyl (C=O) groups is 2. The fourth-order valence-electron chi connectivity index (χ4n) is 3.29. The monoisotopic (exact) mass is 401 g/mol. The van der Waals surface area contributed by atoms with E-state index < -0.39 is 0 Å². The Balaban J connectivity index is 1.64. The Bertz CT molecular complexity index is 1030. The van der Waals surface area contributed by atoms with Crippen LogP contribution in [0.15, 0.2) is 72.8 Å². The van der Waals surface area contributed by atoms with Gasteiger partial charge in [-0.25, -0.2) is 0 Å². The predicted molar refractivity (Wildman–Crippen MR) is 123 cm³/mol. The first-order valence-corrected chi connectivity index (χ1v) is 10.0. The number of para-hydroxylation sites is 2. The number of benzene rings is 3. The van der Waals surface area contributed by atoms with Crippen LogP contribution in [0.5, 0.6) is 0 Å². The second-order valence-corrected chi connectivity index (χ2v) is 7.14.